The molecule has 5 rings (SSSR count). The van der Waals surface area contributed by atoms with Crippen molar-refractivity contribution in [1.82, 2.24) is 14.8 Å². The van der Waals surface area contributed by atoms with E-state index in [1.165, 1.54) is 23.4 Å². The standard InChI is InChI=1S/C19H15N3O4/c23-17-8-16-12-7-13(15-1-4-20-21-15)18-11(3-6-26-18)10(12)2-5-22(16)9-14(17)19(24)25/h1,4,7-9H,2-3,5-6H2,(H,20,21)(H,24,25). The molecule has 4 heterocycles. The molecule has 2 aliphatic rings. The molecule has 0 spiro atoms. The lowest BCUT2D eigenvalue weighted by Crippen LogP contribution is -2.22. The number of aromatic amines is 1. The maximum Gasteiger partial charge on any atom is 0.341 e. The predicted molar refractivity (Wildman–Crippen MR) is 93.6 cm³/mol. The van der Waals surface area contributed by atoms with Crippen molar-refractivity contribution in [2.24, 2.45) is 0 Å². The van der Waals surface area contributed by atoms with Crippen LogP contribution in [0.1, 0.15) is 21.5 Å². The lowest BCUT2D eigenvalue weighted by Gasteiger charge is -2.25. The number of pyridine rings is 1. The van der Waals surface area contributed by atoms with Crippen LogP contribution >= 0.6 is 0 Å². The first-order chi connectivity index (χ1) is 12.6. The van der Waals surface area contributed by atoms with Crippen molar-refractivity contribution in [2.75, 3.05) is 6.61 Å². The Morgan fingerprint density at radius 3 is 2.88 bits per heavy atom. The maximum absolute atomic E-state index is 12.3. The number of aromatic nitrogens is 3. The Morgan fingerprint density at radius 1 is 1.23 bits per heavy atom. The Labute approximate surface area is 147 Å². The lowest BCUT2D eigenvalue weighted by atomic mass is 9.88. The average Bonchev–Trinajstić information content (AvgIpc) is 3.32. The second-order valence-electron chi connectivity index (χ2n) is 6.51. The normalized spacial score (nSPS) is 14.3. The summed E-state index contributed by atoms with van der Waals surface area (Å²) in [6, 6.07) is 5.32. The number of aryl methyl sites for hydroxylation is 1. The lowest BCUT2D eigenvalue weighted by molar-refractivity contribution is 0.0694. The molecule has 26 heavy (non-hydrogen) atoms. The molecule has 0 aliphatic carbocycles. The number of hydrogen-bond acceptors (Lipinski definition) is 4. The second-order valence-corrected chi connectivity index (χ2v) is 6.51. The van der Waals surface area contributed by atoms with Gasteiger partial charge in [0.2, 0.25) is 0 Å². The Hall–Kier alpha value is -3.35. The SMILES string of the molecule is O=C(O)c1cn2c(cc1=O)-c1cc(-c3ccn[nH]3)c3c(c1CC2)CCO3. The minimum absolute atomic E-state index is 0.199. The molecule has 3 aromatic rings. The molecule has 0 unspecified atom stereocenters. The summed E-state index contributed by atoms with van der Waals surface area (Å²) in [5.74, 6) is -0.317. The highest BCUT2D eigenvalue weighted by atomic mass is 16.5. The number of rotatable bonds is 2. The number of nitrogens with zero attached hydrogens (tertiary/aromatic N) is 2. The van der Waals surface area contributed by atoms with Gasteiger partial charge in [0, 0.05) is 48.1 Å². The van der Waals surface area contributed by atoms with Crippen LogP contribution in [0.4, 0.5) is 0 Å². The number of nitrogens with one attached hydrogen (secondary N) is 1. The second kappa shape index (κ2) is 5.32. The number of fused-ring (bicyclic) bond motifs is 5. The van der Waals surface area contributed by atoms with E-state index in [9.17, 15) is 14.7 Å². The average molecular weight is 349 g/mol. The first kappa shape index (κ1) is 14.9. The smallest absolute Gasteiger partial charge is 0.341 e. The van der Waals surface area contributed by atoms with Gasteiger partial charge in [0.15, 0.2) is 5.43 Å². The largest absolute Gasteiger partial charge is 0.492 e. The summed E-state index contributed by atoms with van der Waals surface area (Å²) < 4.78 is 7.74. The van der Waals surface area contributed by atoms with Crippen LogP contribution in [0.5, 0.6) is 5.75 Å². The van der Waals surface area contributed by atoms with Gasteiger partial charge in [-0.2, -0.15) is 5.10 Å². The highest BCUT2D eigenvalue weighted by Crippen LogP contribution is 2.44. The van der Waals surface area contributed by atoms with Gasteiger partial charge in [-0.25, -0.2) is 4.79 Å². The number of H-pyrrole nitrogens is 1. The first-order valence-corrected chi connectivity index (χ1v) is 8.43. The van der Waals surface area contributed by atoms with Crippen molar-refractivity contribution >= 4 is 5.97 Å². The molecular weight excluding hydrogens is 334 g/mol. The van der Waals surface area contributed by atoms with Gasteiger partial charge < -0.3 is 14.4 Å². The fourth-order valence-electron chi connectivity index (χ4n) is 3.95. The van der Waals surface area contributed by atoms with Crippen LogP contribution in [0, 0.1) is 0 Å². The number of hydrogen-bond donors (Lipinski definition) is 2. The monoisotopic (exact) mass is 349 g/mol. The third-order valence-electron chi connectivity index (χ3n) is 5.12. The molecule has 0 saturated carbocycles. The summed E-state index contributed by atoms with van der Waals surface area (Å²) in [6.07, 6.45) is 4.74. The third-order valence-corrected chi connectivity index (χ3v) is 5.12. The Morgan fingerprint density at radius 2 is 2.12 bits per heavy atom. The molecule has 7 nitrogen and oxygen atoms in total. The van der Waals surface area contributed by atoms with Gasteiger partial charge in [-0.05, 0) is 24.1 Å². The minimum atomic E-state index is -1.20. The van der Waals surface area contributed by atoms with E-state index in [4.69, 9.17) is 4.74 Å². The van der Waals surface area contributed by atoms with Crippen LogP contribution in [0.3, 0.4) is 0 Å². The highest BCUT2D eigenvalue weighted by molar-refractivity contribution is 5.88. The molecule has 0 atom stereocenters. The van der Waals surface area contributed by atoms with Crippen LogP contribution < -0.4 is 10.2 Å². The zero-order valence-electron chi connectivity index (χ0n) is 13.8. The molecule has 130 valence electrons. The van der Waals surface area contributed by atoms with Crippen molar-refractivity contribution in [2.45, 2.75) is 19.4 Å². The molecule has 0 amide bonds. The van der Waals surface area contributed by atoms with Crippen LogP contribution in [0.25, 0.3) is 22.5 Å². The molecule has 0 fully saturated rings. The highest BCUT2D eigenvalue weighted by Gasteiger charge is 2.28. The Bertz CT molecular complexity index is 1110. The van der Waals surface area contributed by atoms with Crippen molar-refractivity contribution < 1.29 is 14.6 Å². The number of benzene rings is 1. The zero-order valence-corrected chi connectivity index (χ0v) is 13.8. The van der Waals surface area contributed by atoms with Crippen LogP contribution in [0.2, 0.25) is 0 Å². The summed E-state index contributed by atoms with van der Waals surface area (Å²) in [5.41, 5.74) is 5.16. The van der Waals surface area contributed by atoms with Crippen LogP contribution in [-0.4, -0.2) is 32.4 Å². The predicted octanol–water partition coefficient (Wildman–Crippen LogP) is 2.09. The first-order valence-electron chi connectivity index (χ1n) is 8.43. The fraction of sp³-hybridized carbons (Fsp3) is 0.211. The quantitative estimate of drug-likeness (QED) is 0.738. The van der Waals surface area contributed by atoms with E-state index >= 15 is 0 Å². The molecule has 0 bridgehead atoms. The van der Waals surface area contributed by atoms with Gasteiger partial charge in [-0.3, -0.25) is 9.89 Å². The molecule has 2 aromatic heterocycles. The van der Waals surface area contributed by atoms with Crippen molar-refractivity contribution in [3.8, 4) is 28.3 Å². The Balaban J connectivity index is 1.79. The van der Waals surface area contributed by atoms with Gasteiger partial charge in [-0.1, -0.05) is 0 Å². The van der Waals surface area contributed by atoms with E-state index in [-0.39, 0.29) is 5.56 Å². The van der Waals surface area contributed by atoms with Crippen molar-refractivity contribution in [3.05, 3.63) is 57.5 Å². The minimum Gasteiger partial charge on any atom is -0.492 e. The van der Waals surface area contributed by atoms with E-state index in [2.05, 4.69) is 10.2 Å². The van der Waals surface area contributed by atoms with Gasteiger partial charge in [0.25, 0.3) is 0 Å². The molecule has 2 N–H and O–H groups in total. The molecule has 1 aromatic carbocycles. The molecule has 2 aliphatic heterocycles. The summed E-state index contributed by atoms with van der Waals surface area (Å²) in [6.45, 7) is 1.27. The van der Waals surface area contributed by atoms with E-state index in [1.807, 2.05) is 16.7 Å². The number of carbonyl (C=O) groups is 1. The van der Waals surface area contributed by atoms with Crippen LogP contribution in [-0.2, 0) is 19.4 Å². The zero-order chi connectivity index (χ0) is 17.8. The van der Waals surface area contributed by atoms with Gasteiger partial charge in [-0.15, -0.1) is 0 Å². The van der Waals surface area contributed by atoms with Gasteiger partial charge in [0.1, 0.15) is 11.3 Å². The summed E-state index contributed by atoms with van der Waals surface area (Å²) in [7, 11) is 0. The number of carboxylic acids is 1. The van der Waals surface area contributed by atoms with E-state index in [0.717, 1.165) is 41.1 Å². The van der Waals surface area contributed by atoms with E-state index in [1.54, 1.807) is 6.20 Å². The van der Waals surface area contributed by atoms with E-state index in [0.29, 0.717) is 13.2 Å². The van der Waals surface area contributed by atoms with Gasteiger partial charge in [0.05, 0.1) is 18.0 Å². The fourth-order valence-corrected chi connectivity index (χ4v) is 3.95. The number of aromatic carboxylic acids is 1. The van der Waals surface area contributed by atoms with Gasteiger partial charge >= 0.3 is 5.97 Å². The topological polar surface area (TPSA) is 97.2 Å². The number of ether oxygens (including phenoxy) is 1. The molecule has 0 saturated heterocycles. The van der Waals surface area contributed by atoms with Crippen LogP contribution in [0.15, 0.2) is 35.4 Å². The van der Waals surface area contributed by atoms with Crippen molar-refractivity contribution in [1.29, 1.82) is 0 Å². The summed E-state index contributed by atoms with van der Waals surface area (Å²) >= 11 is 0. The molecule has 7 heteroatoms. The Kier molecular flexibility index (Phi) is 3.06. The molecular formula is C19H15N3O4. The third kappa shape index (κ3) is 2.03. The number of carboxylic acid groups (broad SMARTS) is 1. The van der Waals surface area contributed by atoms with E-state index < -0.39 is 11.4 Å². The molecule has 0 radical (unpaired) electrons. The van der Waals surface area contributed by atoms with Crippen molar-refractivity contribution in [3.63, 3.8) is 0 Å². The summed E-state index contributed by atoms with van der Waals surface area (Å²) in [4.78, 5) is 23.5. The summed E-state index contributed by atoms with van der Waals surface area (Å²) in [5, 5.41) is 16.2. The maximum atomic E-state index is 12.3.